The Balaban J connectivity index is 1.51. The highest BCUT2D eigenvalue weighted by Gasteiger charge is 2.13. The van der Waals surface area contributed by atoms with Gasteiger partial charge in [0.15, 0.2) is 0 Å². The highest BCUT2D eigenvalue weighted by Crippen LogP contribution is 2.23. The summed E-state index contributed by atoms with van der Waals surface area (Å²) in [4.78, 5) is 8.38. The molecule has 1 N–H and O–H groups in total. The van der Waals surface area contributed by atoms with Crippen LogP contribution in [0.4, 0.5) is 5.69 Å². The lowest BCUT2D eigenvalue weighted by atomic mass is 10.1. The van der Waals surface area contributed by atoms with Crippen molar-refractivity contribution in [3.8, 4) is 0 Å². The normalized spacial score (nSPS) is 15.3. The van der Waals surface area contributed by atoms with Gasteiger partial charge in [0.25, 0.3) is 0 Å². The molecule has 4 rings (SSSR count). The maximum Gasteiger partial charge on any atom is 0.0782 e. The molecule has 1 fully saturated rings. The van der Waals surface area contributed by atoms with Gasteiger partial charge in [-0.3, -0.25) is 9.58 Å². The largest absolute Gasteiger partial charge is 0.368 e. The molecule has 0 bridgehead atoms. The highest BCUT2D eigenvalue weighted by molar-refractivity contribution is 5.81. The van der Waals surface area contributed by atoms with Gasteiger partial charge in [-0.05, 0) is 56.6 Å². The maximum atomic E-state index is 4.35. The van der Waals surface area contributed by atoms with Crippen molar-refractivity contribution in [1.82, 2.24) is 19.7 Å². The van der Waals surface area contributed by atoms with Crippen LogP contribution in [0.2, 0.25) is 0 Å². The van der Waals surface area contributed by atoms with Crippen molar-refractivity contribution < 1.29 is 0 Å². The molecule has 3 heterocycles. The molecule has 25 heavy (non-hydrogen) atoms. The Labute approximate surface area is 149 Å². The highest BCUT2D eigenvalue weighted by atomic mass is 15.3. The van der Waals surface area contributed by atoms with Crippen LogP contribution in [0.3, 0.4) is 0 Å². The summed E-state index contributed by atoms with van der Waals surface area (Å²) in [5.74, 6) is 0. The SMILES string of the molecule is Cc1c(N(C)Cc2ccc3[nH]c(CN4CCCC4)cc3c2)cnn1C. The molecule has 5 nitrogen and oxygen atoms in total. The molecule has 1 aliphatic heterocycles. The number of rotatable bonds is 5. The van der Waals surface area contributed by atoms with Crippen LogP contribution in [-0.4, -0.2) is 39.8 Å². The second kappa shape index (κ2) is 6.56. The van der Waals surface area contributed by atoms with Crippen molar-refractivity contribution in [2.75, 3.05) is 25.0 Å². The molecule has 1 aliphatic rings. The van der Waals surface area contributed by atoms with Gasteiger partial charge in [0.05, 0.1) is 17.6 Å². The van der Waals surface area contributed by atoms with Crippen LogP contribution in [0.15, 0.2) is 30.5 Å². The van der Waals surface area contributed by atoms with E-state index in [1.807, 2.05) is 17.9 Å². The van der Waals surface area contributed by atoms with Gasteiger partial charge in [-0.25, -0.2) is 0 Å². The van der Waals surface area contributed by atoms with Crippen LogP contribution in [0, 0.1) is 6.92 Å². The molecular weight excluding hydrogens is 310 g/mol. The van der Waals surface area contributed by atoms with Crippen LogP contribution in [0.25, 0.3) is 10.9 Å². The van der Waals surface area contributed by atoms with Crippen molar-refractivity contribution >= 4 is 16.6 Å². The fourth-order valence-corrected chi connectivity index (χ4v) is 3.83. The van der Waals surface area contributed by atoms with Crippen molar-refractivity contribution in [2.45, 2.75) is 32.9 Å². The van der Waals surface area contributed by atoms with Crippen molar-refractivity contribution in [1.29, 1.82) is 0 Å². The van der Waals surface area contributed by atoms with E-state index < -0.39 is 0 Å². The summed E-state index contributed by atoms with van der Waals surface area (Å²) < 4.78 is 1.92. The molecule has 0 radical (unpaired) electrons. The standard InChI is InChI=1S/C20H27N5/c1-15-20(12-21-24(15)3)23(2)13-16-6-7-19-17(10-16)11-18(22-19)14-25-8-4-5-9-25/h6-7,10-12,22H,4-5,8-9,13-14H2,1-3H3. The zero-order valence-electron chi connectivity index (χ0n) is 15.4. The van der Waals surface area contributed by atoms with Crippen LogP contribution in [0.5, 0.6) is 0 Å². The molecule has 3 aromatic rings. The van der Waals surface area contributed by atoms with Gasteiger partial charge in [0.2, 0.25) is 0 Å². The summed E-state index contributed by atoms with van der Waals surface area (Å²) in [5.41, 5.74) is 6.26. The molecule has 0 saturated carbocycles. The number of benzene rings is 1. The van der Waals surface area contributed by atoms with Crippen molar-refractivity contribution in [3.05, 3.63) is 47.4 Å². The van der Waals surface area contributed by atoms with Crippen molar-refractivity contribution in [2.24, 2.45) is 7.05 Å². The Morgan fingerprint density at radius 3 is 2.72 bits per heavy atom. The van der Waals surface area contributed by atoms with E-state index in [0.717, 1.165) is 13.1 Å². The van der Waals surface area contributed by atoms with E-state index in [9.17, 15) is 0 Å². The maximum absolute atomic E-state index is 4.35. The fraction of sp³-hybridized carbons (Fsp3) is 0.450. The van der Waals surface area contributed by atoms with E-state index in [2.05, 4.69) is 58.1 Å². The molecule has 1 aromatic carbocycles. The third-order valence-corrected chi connectivity index (χ3v) is 5.37. The minimum absolute atomic E-state index is 0.884. The molecule has 1 saturated heterocycles. The number of H-pyrrole nitrogens is 1. The van der Waals surface area contributed by atoms with Gasteiger partial charge < -0.3 is 9.88 Å². The zero-order chi connectivity index (χ0) is 17.4. The lowest BCUT2D eigenvalue weighted by Crippen LogP contribution is -2.18. The predicted molar refractivity (Wildman–Crippen MR) is 103 cm³/mol. The lowest BCUT2D eigenvalue weighted by Gasteiger charge is -2.18. The summed E-state index contributed by atoms with van der Waals surface area (Å²) in [6.07, 6.45) is 4.62. The number of aromatic nitrogens is 3. The first-order valence-electron chi connectivity index (χ1n) is 9.13. The number of hydrogen-bond donors (Lipinski definition) is 1. The van der Waals surface area contributed by atoms with Crippen molar-refractivity contribution in [3.63, 3.8) is 0 Å². The predicted octanol–water partition coefficient (Wildman–Crippen LogP) is 3.44. The van der Waals surface area contributed by atoms with E-state index >= 15 is 0 Å². The number of likely N-dealkylation sites (tertiary alicyclic amines) is 1. The van der Waals surface area contributed by atoms with E-state index in [1.165, 1.54) is 59.5 Å². The summed E-state index contributed by atoms with van der Waals surface area (Å²) >= 11 is 0. The third-order valence-electron chi connectivity index (χ3n) is 5.37. The van der Waals surface area contributed by atoms with Gasteiger partial charge in [-0.15, -0.1) is 0 Å². The number of nitrogens with one attached hydrogen (secondary N) is 1. The number of anilines is 1. The molecule has 0 unspecified atom stereocenters. The minimum atomic E-state index is 0.884. The van der Waals surface area contributed by atoms with Gasteiger partial charge in [-0.2, -0.15) is 5.10 Å². The minimum Gasteiger partial charge on any atom is -0.368 e. The number of aromatic amines is 1. The third kappa shape index (κ3) is 3.29. The topological polar surface area (TPSA) is 40.1 Å². The lowest BCUT2D eigenvalue weighted by molar-refractivity contribution is 0.328. The first-order chi connectivity index (χ1) is 12.1. The van der Waals surface area contributed by atoms with E-state index in [1.54, 1.807) is 0 Å². The van der Waals surface area contributed by atoms with E-state index in [4.69, 9.17) is 0 Å². The summed E-state index contributed by atoms with van der Waals surface area (Å²) in [7, 11) is 4.12. The molecule has 0 aliphatic carbocycles. The van der Waals surface area contributed by atoms with Crippen LogP contribution in [-0.2, 0) is 20.1 Å². The van der Waals surface area contributed by atoms with Gasteiger partial charge in [0, 0.05) is 43.8 Å². The molecule has 0 spiro atoms. The fourth-order valence-electron chi connectivity index (χ4n) is 3.83. The first kappa shape index (κ1) is 16.2. The molecule has 132 valence electrons. The molecule has 2 aromatic heterocycles. The Hall–Kier alpha value is -2.27. The quantitative estimate of drug-likeness (QED) is 0.775. The Kier molecular flexibility index (Phi) is 4.25. The molecule has 0 atom stereocenters. The summed E-state index contributed by atoms with van der Waals surface area (Å²) in [5, 5.41) is 5.65. The number of nitrogens with zero attached hydrogens (tertiary/aromatic N) is 4. The average Bonchev–Trinajstić information content (AvgIpc) is 3.29. The first-order valence-corrected chi connectivity index (χ1v) is 9.13. The van der Waals surface area contributed by atoms with Crippen LogP contribution in [0.1, 0.15) is 29.8 Å². The van der Waals surface area contributed by atoms with Gasteiger partial charge in [0.1, 0.15) is 0 Å². The monoisotopic (exact) mass is 337 g/mol. The Bertz CT molecular complexity index is 869. The molecule has 0 amide bonds. The van der Waals surface area contributed by atoms with Crippen LogP contribution >= 0.6 is 0 Å². The Morgan fingerprint density at radius 1 is 1.20 bits per heavy atom. The molecule has 5 heteroatoms. The van der Waals surface area contributed by atoms with E-state index in [0.29, 0.717) is 0 Å². The zero-order valence-corrected chi connectivity index (χ0v) is 15.4. The second-order valence-corrected chi connectivity index (χ2v) is 7.29. The molecular formula is C20H27N5. The number of hydrogen-bond acceptors (Lipinski definition) is 3. The number of fused-ring (bicyclic) bond motifs is 1. The average molecular weight is 337 g/mol. The number of aryl methyl sites for hydroxylation is 1. The van der Waals surface area contributed by atoms with Gasteiger partial charge >= 0.3 is 0 Å². The summed E-state index contributed by atoms with van der Waals surface area (Å²) in [6.45, 7) is 6.50. The van der Waals surface area contributed by atoms with E-state index in [-0.39, 0.29) is 0 Å². The van der Waals surface area contributed by atoms with Crippen LogP contribution < -0.4 is 4.90 Å². The smallest absolute Gasteiger partial charge is 0.0782 e. The summed E-state index contributed by atoms with van der Waals surface area (Å²) in [6, 6.07) is 9.05. The Morgan fingerprint density at radius 2 is 2.00 bits per heavy atom. The second-order valence-electron chi connectivity index (χ2n) is 7.29. The van der Waals surface area contributed by atoms with Gasteiger partial charge in [-0.1, -0.05) is 6.07 Å².